The van der Waals surface area contributed by atoms with Crippen LogP contribution in [0.25, 0.3) is 0 Å². The molecule has 0 aromatic carbocycles. The molecule has 0 aliphatic heterocycles. The summed E-state index contributed by atoms with van der Waals surface area (Å²) in [6.45, 7) is 0.239. The smallest absolute Gasteiger partial charge is 0.339 e. The third kappa shape index (κ3) is 4.74. The lowest BCUT2D eigenvalue weighted by Crippen LogP contribution is -2.33. The van der Waals surface area contributed by atoms with Crippen molar-refractivity contribution in [3.63, 3.8) is 0 Å². The zero-order valence-electron chi connectivity index (χ0n) is 9.81. The Bertz CT molecular complexity index is 455. The SMILES string of the molecule is Cn1[nH]c(=O)c(=O)nc1SCCCCCCO. The number of hydrogen-bond acceptors (Lipinski definition) is 5. The first-order valence-corrected chi connectivity index (χ1v) is 6.54. The summed E-state index contributed by atoms with van der Waals surface area (Å²) in [5.41, 5.74) is -1.44. The van der Waals surface area contributed by atoms with Crippen molar-refractivity contribution in [3.05, 3.63) is 20.7 Å². The minimum atomic E-state index is -0.745. The van der Waals surface area contributed by atoms with Gasteiger partial charge in [0.2, 0.25) is 0 Å². The van der Waals surface area contributed by atoms with Crippen LogP contribution in [0.4, 0.5) is 0 Å². The van der Waals surface area contributed by atoms with Gasteiger partial charge in [-0.05, 0) is 12.8 Å². The fourth-order valence-electron chi connectivity index (χ4n) is 1.32. The highest BCUT2D eigenvalue weighted by molar-refractivity contribution is 7.99. The Hall–Kier alpha value is -1.08. The highest BCUT2D eigenvalue weighted by Crippen LogP contribution is 2.14. The maximum atomic E-state index is 11.1. The monoisotopic (exact) mass is 259 g/mol. The molecule has 2 N–H and O–H groups in total. The molecule has 1 heterocycles. The average molecular weight is 259 g/mol. The summed E-state index contributed by atoms with van der Waals surface area (Å²) in [7, 11) is 1.65. The van der Waals surface area contributed by atoms with Gasteiger partial charge in [-0.25, -0.2) is 0 Å². The molecule has 1 aromatic heterocycles. The van der Waals surface area contributed by atoms with Crippen LogP contribution in [0.5, 0.6) is 0 Å². The van der Waals surface area contributed by atoms with Crippen LogP contribution in [0.3, 0.4) is 0 Å². The number of aliphatic hydroxyl groups is 1. The second kappa shape index (κ2) is 7.29. The Morgan fingerprint density at radius 2 is 2.00 bits per heavy atom. The number of hydrogen-bond donors (Lipinski definition) is 2. The lowest BCUT2D eigenvalue weighted by atomic mass is 10.2. The molecule has 0 fully saturated rings. The molecule has 96 valence electrons. The molecule has 0 spiro atoms. The van der Waals surface area contributed by atoms with Gasteiger partial charge in [0.25, 0.3) is 0 Å². The summed E-state index contributed by atoms with van der Waals surface area (Å²) < 4.78 is 1.46. The standard InChI is InChI=1S/C10H17N3O3S/c1-13-10(11-8(15)9(16)12-13)17-7-5-3-2-4-6-14/h14H,2-7H2,1H3,(H,12,16). The molecule has 0 unspecified atom stereocenters. The number of aromatic amines is 1. The van der Waals surface area contributed by atoms with Gasteiger partial charge >= 0.3 is 11.1 Å². The predicted octanol–water partition coefficient (Wildman–Crippen LogP) is 0.113. The molecule has 1 rings (SSSR count). The van der Waals surface area contributed by atoms with Crippen molar-refractivity contribution in [2.45, 2.75) is 30.8 Å². The normalized spacial score (nSPS) is 10.7. The summed E-state index contributed by atoms with van der Waals surface area (Å²) in [6.07, 6.45) is 3.89. The first-order valence-electron chi connectivity index (χ1n) is 5.56. The molecule has 0 amide bonds. The molecule has 17 heavy (non-hydrogen) atoms. The van der Waals surface area contributed by atoms with Gasteiger partial charge in [0.1, 0.15) is 0 Å². The molecule has 0 aliphatic carbocycles. The van der Waals surface area contributed by atoms with Gasteiger partial charge < -0.3 is 5.11 Å². The maximum absolute atomic E-state index is 11.1. The number of nitrogens with one attached hydrogen (secondary N) is 1. The minimum Gasteiger partial charge on any atom is -0.396 e. The Balaban J connectivity index is 2.39. The van der Waals surface area contributed by atoms with Crippen molar-refractivity contribution in [2.24, 2.45) is 7.05 Å². The topological polar surface area (TPSA) is 88.0 Å². The lowest BCUT2D eigenvalue weighted by Gasteiger charge is -2.05. The molecular formula is C10H17N3O3S. The van der Waals surface area contributed by atoms with Crippen molar-refractivity contribution in [1.82, 2.24) is 14.8 Å². The highest BCUT2D eigenvalue weighted by Gasteiger charge is 2.03. The second-order valence-electron chi connectivity index (χ2n) is 3.69. The molecule has 0 aliphatic rings. The Morgan fingerprint density at radius 1 is 1.29 bits per heavy atom. The van der Waals surface area contributed by atoms with Crippen LogP contribution in [0.1, 0.15) is 25.7 Å². The molecule has 0 radical (unpaired) electrons. The van der Waals surface area contributed by atoms with Crippen LogP contribution in [0, 0.1) is 0 Å². The zero-order chi connectivity index (χ0) is 12.7. The van der Waals surface area contributed by atoms with E-state index >= 15 is 0 Å². The number of aromatic nitrogens is 3. The van der Waals surface area contributed by atoms with Crippen molar-refractivity contribution >= 4 is 11.8 Å². The Morgan fingerprint density at radius 3 is 2.71 bits per heavy atom. The molecule has 6 nitrogen and oxygen atoms in total. The summed E-state index contributed by atoms with van der Waals surface area (Å²) in [4.78, 5) is 25.7. The quantitative estimate of drug-likeness (QED) is 0.412. The van der Waals surface area contributed by atoms with E-state index in [1.165, 1.54) is 16.4 Å². The zero-order valence-corrected chi connectivity index (χ0v) is 10.6. The van der Waals surface area contributed by atoms with Gasteiger partial charge in [0.15, 0.2) is 5.16 Å². The number of aryl methyl sites for hydroxylation is 1. The largest absolute Gasteiger partial charge is 0.396 e. The molecule has 0 bridgehead atoms. The third-order valence-electron chi connectivity index (χ3n) is 2.23. The fourth-order valence-corrected chi connectivity index (χ4v) is 2.24. The van der Waals surface area contributed by atoms with Crippen molar-refractivity contribution in [1.29, 1.82) is 0 Å². The van der Waals surface area contributed by atoms with E-state index in [2.05, 4.69) is 10.1 Å². The van der Waals surface area contributed by atoms with Gasteiger partial charge in [-0.2, -0.15) is 4.98 Å². The molecule has 1 aromatic rings. The van der Waals surface area contributed by atoms with Crippen LogP contribution in [0.2, 0.25) is 0 Å². The van der Waals surface area contributed by atoms with Crippen LogP contribution in [0.15, 0.2) is 14.7 Å². The van der Waals surface area contributed by atoms with Crippen molar-refractivity contribution in [3.8, 4) is 0 Å². The van der Waals surface area contributed by atoms with Gasteiger partial charge in [-0.15, -0.1) is 0 Å². The maximum Gasteiger partial charge on any atom is 0.339 e. The first kappa shape index (κ1) is 14.0. The van der Waals surface area contributed by atoms with Crippen LogP contribution in [-0.2, 0) is 7.05 Å². The van der Waals surface area contributed by atoms with Gasteiger partial charge in [0.05, 0.1) is 0 Å². The highest BCUT2D eigenvalue weighted by atomic mass is 32.2. The molecule has 0 atom stereocenters. The molecule has 7 heteroatoms. The number of thioether (sulfide) groups is 1. The van der Waals surface area contributed by atoms with E-state index in [9.17, 15) is 9.59 Å². The van der Waals surface area contributed by atoms with Crippen LogP contribution in [-0.4, -0.2) is 32.2 Å². The molecular weight excluding hydrogens is 242 g/mol. The van der Waals surface area contributed by atoms with E-state index in [1.54, 1.807) is 7.05 Å². The van der Waals surface area contributed by atoms with E-state index < -0.39 is 11.1 Å². The van der Waals surface area contributed by atoms with E-state index in [4.69, 9.17) is 5.11 Å². The summed E-state index contributed by atoms with van der Waals surface area (Å²) in [5, 5.41) is 11.5. The van der Waals surface area contributed by atoms with E-state index in [1.807, 2.05) is 0 Å². The van der Waals surface area contributed by atoms with Crippen LogP contribution >= 0.6 is 11.8 Å². The number of unbranched alkanes of at least 4 members (excludes halogenated alkanes) is 3. The number of nitrogens with zero attached hydrogens (tertiary/aromatic N) is 2. The van der Waals surface area contributed by atoms with Gasteiger partial charge in [0, 0.05) is 19.4 Å². The number of aliphatic hydroxyl groups excluding tert-OH is 1. The summed E-state index contributed by atoms with van der Waals surface area (Å²) >= 11 is 1.45. The van der Waals surface area contributed by atoms with Crippen LogP contribution < -0.4 is 11.1 Å². The van der Waals surface area contributed by atoms with Gasteiger partial charge in [-0.1, -0.05) is 24.6 Å². The van der Waals surface area contributed by atoms with E-state index in [0.29, 0.717) is 5.16 Å². The average Bonchev–Trinajstić information content (AvgIpc) is 2.30. The Kier molecular flexibility index (Phi) is 5.99. The Labute approximate surface area is 103 Å². The van der Waals surface area contributed by atoms with E-state index in [-0.39, 0.29) is 6.61 Å². The number of rotatable bonds is 7. The first-order chi connectivity index (χ1) is 8.15. The van der Waals surface area contributed by atoms with Crippen molar-refractivity contribution in [2.75, 3.05) is 12.4 Å². The number of H-pyrrole nitrogens is 1. The minimum absolute atomic E-state index is 0.239. The summed E-state index contributed by atoms with van der Waals surface area (Å²) in [6, 6.07) is 0. The van der Waals surface area contributed by atoms with Crippen molar-refractivity contribution < 1.29 is 5.11 Å². The lowest BCUT2D eigenvalue weighted by molar-refractivity contribution is 0.283. The summed E-state index contributed by atoms with van der Waals surface area (Å²) in [5.74, 6) is 0.845. The fraction of sp³-hybridized carbons (Fsp3) is 0.700. The predicted molar refractivity (Wildman–Crippen MR) is 66.4 cm³/mol. The molecule has 0 saturated carbocycles. The van der Waals surface area contributed by atoms with E-state index in [0.717, 1.165) is 31.4 Å². The third-order valence-corrected chi connectivity index (χ3v) is 3.35. The molecule has 0 saturated heterocycles. The second-order valence-corrected chi connectivity index (χ2v) is 4.75. The van der Waals surface area contributed by atoms with Gasteiger partial charge in [-0.3, -0.25) is 19.4 Å².